The highest BCUT2D eigenvalue weighted by Gasteiger charge is 2.09. The summed E-state index contributed by atoms with van der Waals surface area (Å²) >= 11 is 0. The van der Waals surface area contributed by atoms with Crippen LogP contribution in [-0.4, -0.2) is 11.2 Å². The lowest BCUT2D eigenvalue weighted by atomic mass is 10.1. The second kappa shape index (κ2) is 8.02. The Morgan fingerprint density at radius 1 is 1.00 bits per heavy atom. The van der Waals surface area contributed by atoms with E-state index in [0.29, 0.717) is 13.3 Å². The molecule has 0 saturated carbocycles. The van der Waals surface area contributed by atoms with Crippen molar-refractivity contribution >= 4 is 10.9 Å². The lowest BCUT2D eigenvalue weighted by Crippen LogP contribution is -2.01. The molecule has 0 unspecified atom stereocenters. The standard InChI is InChI=1S/C21H25NO2/c1-3-12-23-16-22-14-18(4-2)20-13-19(10-11-21(20)22)24-15-17-8-6-5-7-9-17/h5-11,13-14H,3-4,12,15-16H2,1-2H3. The molecule has 0 fully saturated rings. The molecule has 0 aliphatic rings. The zero-order valence-electron chi connectivity index (χ0n) is 14.5. The van der Waals surface area contributed by atoms with Gasteiger partial charge in [-0.15, -0.1) is 0 Å². The Kier molecular flexibility index (Phi) is 5.55. The van der Waals surface area contributed by atoms with E-state index in [2.05, 4.69) is 48.9 Å². The van der Waals surface area contributed by atoms with Gasteiger partial charge in [0.15, 0.2) is 0 Å². The molecule has 1 heterocycles. The van der Waals surface area contributed by atoms with Gasteiger partial charge >= 0.3 is 0 Å². The van der Waals surface area contributed by atoms with Gasteiger partial charge in [-0.25, -0.2) is 0 Å². The van der Waals surface area contributed by atoms with Crippen molar-refractivity contribution in [3.8, 4) is 5.75 Å². The maximum absolute atomic E-state index is 5.97. The molecule has 0 N–H and O–H groups in total. The molecule has 0 amide bonds. The normalized spacial score (nSPS) is 11.1. The largest absolute Gasteiger partial charge is 0.489 e. The number of hydrogen-bond donors (Lipinski definition) is 0. The molecular weight excluding hydrogens is 298 g/mol. The third kappa shape index (κ3) is 3.80. The summed E-state index contributed by atoms with van der Waals surface area (Å²) in [5.74, 6) is 0.910. The number of hydrogen-bond acceptors (Lipinski definition) is 2. The van der Waals surface area contributed by atoms with E-state index in [1.165, 1.54) is 22.0 Å². The highest BCUT2D eigenvalue weighted by Crippen LogP contribution is 2.27. The van der Waals surface area contributed by atoms with Crippen molar-refractivity contribution in [2.45, 2.75) is 40.0 Å². The molecule has 3 nitrogen and oxygen atoms in total. The summed E-state index contributed by atoms with van der Waals surface area (Å²) < 4.78 is 13.9. The van der Waals surface area contributed by atoms with Gasteiger partial charge in [0.05, 0.1) is 5.52 Å². The summed E-state index contributed by atoms with van der Waals surface area (Å²) in [6.07, 6.45) is 4.23. The Bertz CT molecular complexity index is 777. The summed E-state index contributed by atoms with van der Waals surface area (Å²) in [6, 6.07) is 16.6. The Morgan fingerprint density at radius 3 is 2.58 bits per heavy atom. The Balaban J connectivity index is 1.79. The first-order valence-corrected chi connectivity index (χ1v) is 8.68. The molecule has 3 aromatic rings. The average molecular weight is 323 g/mol. The Hall–Kier alpha value is -2.26. The molecule has 1 aromatic heterocycles. The predicted octanol–water partition coefficient (Wildman–Crippen LogP) is 5.17. The number of ether oxygens (including phenoxy) is 2. The maximum atomic E-state index is 5.97. The topological polar surface area (TPSA) is 23.4 Å². The first-order chi connectivity index (χ1) is 11.8. The lowest BCUT2D eigenvalue weighted by molar-refractivity contribution is 0.0803. The molecule has 0 atom stereocenters. The fourth-order valence-electron chi connectivity index (χ4n) is 2.88. The van der Waals surface area contributed by atoms with Gasteiger partial charge in [0.1, 0.15) is 19.1 Å². The van der Waals surface area contributed by atoms with E-state index in [0.717, 1.165) is 25.2 Å². The minimum Gasteiger partial charge on any atom is -0.489 e. The van der Waals surface area contributed by atoms with Gasteiger partial charge in [-0.3, -0.25) is 0 Å². The number of aryl methyl sites for hydroxylation is 1. The second-order valence-corrected chi connectivity index (χ2v) is 5.97. The molecular formula is C21H25NO2. The van der Waals surface area contributed by atoms with Crippen molar-refractivity contribution < 1.29 is 9.47 Å². The molecule has 0 aliphatic carbocycles. The quantitative estimate of drug-likeness (QED) is 0.534. The highest BCUT2D eigenvalue weighted by molar-refractivity contribution is 5.85. The number of nitrogens with zero attached hydrogens (tertiary/aromatic N) is 1. The van der Waals surface area contributed by atoms with Gasteiger partial charge in [-0.2, -0.15) is 0 Å². The molecule has 3 heteroatoms. The van der Waals surface area contributed by atoms with Crippen LogP contribution in [0.2, 0.25) is 0 Å². The molecule has 24 heavy (non-hydrogen) atoms. The number of fused-ring (bicyclic) bond motifs is 1. The van der Waals surface area contributed by atoms with Crippen molar-refractivity contribution in [3.05, 3.63) is 65.9 Å². The molecule has 2 aromatic carbocycles. The van der Waals surface area contributed by atoms with Crippen LogP contribution in [0.3, 0.4) is 0 Å². The van der Waals surface area contributed by atoms with Crippen LogP contribution in [0.25, 0.3) is 10.9 Å². The maximum Gasteiger partial charge on any atom is 0.122 e. The lowest BCUT2D eigenvalue weighted by Gasteiger charge is -2.08. The first-order valence-electron chi connectivity index (χ1n) is 8.68. The van der Waals surface area contributed by atoms with Crippen LogP contribution in [0.1, 0.15) is 31.4 Å². The third-order valence-electron chi connectivity index (χ3n) is 4.14. The van der Waals surface area contributed by atoms with Crippen LogP contribution in [0.5, 0.6) is 5.75 Å². The predicted molar refractivity (Wildman–Crippen MR) is 98.3 cm³/mol. The number of benzene rings is 2. The Morgan fingerprint density at radius 2 is 1.83 bits per heavy atom. The van der Waals surface area contributed by atoms with Crippen LogP contribution in [-0.2, 0) is 24.5 Å². The molecule has 0 spiro atoms. The molecule has 0 radical (unpaired) electrons. The first kappa shape index (κ1) is 16.6. The van der Waals surface area contributed by atoms with Crippen LogP contribution in [0.15, 0.2) is 54.7 Å². The molecule has 3 rings (SSSR count). The number of aromatic nitrogens is 1. The van der Waals surface area contributed by atoms with Crippen LogP contribution >= 0.6 is 0 Å². The molecule has 0 bridgehead atoms. The van der Waals surface area contributed by atoms with Crippen molar-refractivity contribution in [1.82, 2.24) is 4.57 Å². The van der Waals surface area contributed by atoms with Crippen LogP contribution in [0, 0.1) is 0 Å². The monoisotopic (exact) mass is 323 g/mol. The van der Waals surface area contributed by atoms with E-state index in [4.69, 9.17) is 9.47 Å². The SMILES string of the molecule is CCCOCn1cc(CC)c2cc(OCc3ccccc3)ccc21. The summed E-state index contributed by atoms with van der Waals surface area (Å²) in [5.41, 5.74) is 3.71. The van der Waals surface area contributed by atoms with E-state index in [9.17, 15) is 0 Å². The second-order valence-electron chi connectivity index (χ2n) is 5.97. The van der Waals surface area contributed by atoms with Crippen molar-refractivity contribution in [2.75, 3.05) is 6.61 Å². The number of rotatable bonds is 8. The van der Waals surface area contributed by atoms with E-state index < -0.39 is 0 Å². The molecule has 0 saturated heterocycles. The van der Waals surface area contributed by atoms with Gasteiger partial charge in [0.25, 0.3) is 0 Å². The smallest absolute Gasteiger partial charge is 0.122 e. The zero-order chi connectivity index (χ0) is 16.8. The van der Waals surface area contributed by atoms with Gasteiger partial charge in [0.2, 0.25) is 0 Å². The third-order valence-corrected chi connectivity index (χ3v) is 4.14. The van der Waals surface area contributed by atoms with E-state index in [-0.39, 0.29) is 0 Å². The van der Waals surface area contributed by atoms with Gasteiger partial charge in [-0.05, 0) is 42.2 Å². The van der Waals surface area contributed by atoms with Crippen molar-refractivity contribution in [1.29, 1.82) is 0 Å². The van der Waals surface area contributed by atoms with Crippen LogP contribution in [0.4, 0.5) is 0 Å². The van der Waals surface area contributed by atoms with Crippen molar-refractivity contribution in [2.24, 2.45) is 0 Å². The van der Waals surface area contributed by atoms with E-state index in [1.807, 2.05) is 24.3 Å². The molecule has 0 aliphatic heterocycles. The highest BCUT2D eigenvalue weighted by atomic mass is 16.5. The van der Waals surface area contributed by atoms with Gasteiger partial charge in [0, 0.05) is 18.2 Å². The summed E-state index contributed by atoms with van der Waals surface area (Å²) in [4.78, 5) is 0. The fraction of sp³-hybridized carbons (Fsp3) is 0.333. The summed E-state index contributed by atoms with van der Waals surface area (Å²) in [5, 5.41) is 1.25. The van der Waals surface area contributed by atoms with E-state index in [1.54, 1.807) is 0 Å². The zero-order valence-corrected chi connectivity index (χ0v) is 14.5. The van der Waals surface area contributed by atoms with Gasteiger partial charge < -0.3 is 14.0 Å². The Labute approximate surface area is 143 Å². The van der Waals surface area contributed by atoms with Gasteiger partial charge in [-0.1, -0.05) is 44.2 Å². The fourth-order valence-corrected chi connectivity index (χ4v) is 2.88. The average Bonchev–Trinajstić information content (AvgIpc) is 2.98. The van der Waals surface area contributed by atoms with Crippen LogP contribution < -0.4 is 4.74 Å². The minimum absolute atomic E-state index is 0.591. The summed E-state index contributed by atoms with van der Waals surface area (Å²) in [6.45, 7) is 6.30. The van der Waals surface area contributed by atoms with E-state index >= 15 is 0 Å². The summed E-state index contributed by atoms with van der Waals surface area (Å²) in [7, 11) is 0. The molecule has 126 valence electrons. The minimum atomic E-state index is 0.591. The van der Waals surface area contributed by atoms with Crippen molar-refractivity contribution in [3.63, 3.8) is 0 Å².